The molecule has 6 N–H and O–H groups in total. The van der Waals surface area contributed by atoms with Gasteiger partial charge in [-0.15, -0.1) is 0 Å². The molecule has 2 aliphatic rings. The molecule has 55 heavy (non-hydrogen) atoms. The zero-order chi connectivity index (χ0) is 40.0. The molecule has 296 valence electrons. The van der Waals surface area contributed by atoms with E-state index in [2.05, 4.69) is 10.6 Å². The molecule has 2 saturated heterocycles. The highest BCUT2D eigenvalue weighted by atomic mass is 16.7. The molecule has 8 atom stereocenters. The Labute approximate surface area is 312 Å². The van der Waals surface area contributed by atoms with Gasteiger partial charge in [0.1, 0.15) is 77.1 Å². The van der Waals surface area contributed by atoms with Crippen LogP contribution in [0.2, 0.25) is 0 Å². The molecule has 0 saturated carbocycles. The summed E-state index contributed by atoms with van der Waals surface area (Å²) < 4.78 is 44.4. The summed E-state index contributed by atoms with van der Waals surface area (Å²) in [5, 5.41) is 47.5. The summed E-state index contributed by atoms with van der Waals surface area (Å²) in [7, 11) is 2.78. The Hall–Kier alpha value is -4.92. The second kappa shape index (κ2) is 15.3. The third-order valence-electron chi connectivity index (χ3n) is 9.38. The van der Waals surface area contributed by atoms with Crippen LogP contribution in [-0.4, -0.2) is 107 Å². The van der Waals surface area contributed by atoms with Crippen molar-refractivity contribution in [2.24, 2.45) is 0 Å². The van der Waals surface area contributed by atoms with Gasteiger partial charge in [0.15, 0.2) is 0 Å². The van der Waals surface area contributed by atoms with E-state index < -0.39 is 89.9 Å². The number of rotatable bonds is 10. The number of carbonyl (C=O) groups is 2. The van der Waals surface area contributed by atoms with E-state index in [4.69, 9.17) is 37.3 Å². The number of hydrogen-bond donors (Lipinski definition) is 6. The Bertz CT molecular complexity index is 2040. The van der Waals surface area contributed by atoms with E-state index in [0.717, 1.165) is 0 Å². The number of fused-ring (bicyclic) bond motifs is 2. The minimum Gasteiger partial charge on any atom is -0.462 e. The van der Waals surface area contributed by atoms with E-state index in [1.54, 1.807) is 27.7 Å². The highest BCUT2D eigenvalue weighted by Crippen LogP contribution is 2.35. The van der Waals surface area contributed by atoms with E-state index >= 15 is 0 Å². The second-order valence-electron chi connectivity index (χ2n) is 14.3. The maximum atomic E-state index is 12.8. The Balaban J connectivity index is 1.07. The molecular formula is C37H42N2O16. The lowest BCUT2D eigenvalue weighted by molar-refractivity contribution is -0.306. The van der Waals surface area contributed by atoms with Gasteiger partial charge in [0, 0.05) is 37.1 Å². The van der Waals surface area contributed by atoms with Crippen LogP contribution in [-0.2, 0) is 28.5 Å². The van der Waals surface area contributed by atoms with Crippen LogP contribution in [0.25, 0.3) is 21.9 Å². The van der Waals surface area contributed by atoms with Gasteiger partial charge < -0.3 is 68.3 Å². The molecule has 2 aliphatic heterocycles. The van der Waals surface area contributed by atoms with Crippen LogP contribution in [0.5, 0.6) is 11.5 Å². The summed E-state index contributed by atoms with van der Waals surface area (Å²) in [5.74, 6) is -1.46. The van der Waals surface area contributed by atoms with E-state index in [1.165, 1.54) is 62.8 Å². The van der Waals surface area contributed by atoms with Crippen molar-refractivity contribution >= 4 is 45.1 Å². The molecule has 4 heterocycles. The number of methoxy groups -OCH3 is 2. The van der Waals surface area contributed by atoms with Gasteiger partial charge in [-0.2, -0.15) is 0 Å². The monoisotopic (exact) mass is 770 g/mol. The SMILES string of the molecule is CO[C@@H]1[C@@H](O)[C@@H](O)[C@H](Oc2ccc3cc(NC(=O)CC(=O)Nc4cc5ccc(O[C@@H]6OC(C)(C)[C@H](OC)[C@@H](O)[C@H]6O)cc5oc4=O)c(=O)oc3c2)OC1(C)C. The van der Waals surface area contributed by atoms with Crippen LogP contribution in [0.1, 0.15) is 34.1 Å². The number of amides is 2. The molecule has 0 radical (unpaired) electrons. The third kappa shape index (κ3) is 8.21. The van der Waals surface area contributed by atoms with E-state index in [9.17, 15) is 39.6 Å². The van der Waals surface area contributed by atoms with E-state index in [1.807, 2.05) is 0 Å². The molecule has 18 nitrogen and oxygen atoms in total. The zero-order valence-electron chi connectivity index (χ0n) is 30.6. The summed E-state index contributed by atoms with van der Waals surface area (Å²) in [6.07, 6.45) is -10.5. The summed E-state index contributed by atoms with van der Waals surface area (Å²) in [4.78, 5) is 51.0. The molecule has 0 aliphatic carbocycles. The molecule has 2 aromatic heterocycles. The first-order valence-corrected chi connectivity index (χ1v) is 17.1. The normalized spacial score (nSPS) is 27.4. The lowest BCUT2D eigenvalue weighted by atomic mass is 9.89. The predicted molar refractivity (Wildman–Crippen MR) is 192 cm³/mol. The Morgan fingerprint density at radius 2 is 1.02 bits per heavy atom. The van der Waals surface area contributed by atoms with Crippen LogP contribution in [0.4, 0.5) is 11.4 Å². The highest BCUT2D eigenvalue weighted by molar-refractivity contribution is 6.08. The number of anilines is 2. The highest BCUT2D eigenvalue weighted by Gasteiger charge is 2.51. The summed E-state index contributed by atoms with van der Waals surface area (Å²) in [6.45, 7) is 6.69. The first-order chi connectivity index (χ1) is 25.9. The van der Waals surface area contributed by atoms with Crippen molar-refractivity contribution in [1.29, 1.82) is 0 Å². The molecule has 0 bridgehead atoms. The Kier molecular flexibility index (Phi) is 11.1. The lowest BCUT2D eigenvalue weighted by Gasteiger charge is -2.46. The summed E-state index contributed by atoms with van der Waals surface area (Å²) >= 11 is 0. The zero-order valence-corrected chi connectivity index (χ0v) is 30.6. The van der Waals surface area contributed by atoms with Crippen LogP contribution >= 0.6 is 0 Å². The molecular weight excluding hydrogens is 728 g/mol. The molecule has 0 unspecified atom stereocenters. The topological polar surface area (TPSA) is 255 Å². The fraction of sp³-hybridized carbons (Fsp3) is 0.459. The number of aliphatic hydroxyl groups excluding tert-OH is 4. The smallest absolute Gasteiger partial charge is 0.360 e. The van der Waals surface area contributed by atoms with Gasteiger partial charge in [0.05, 0.1) is 11.2 Å². The van der Waals surface area contributed by atoms with E-state index in [-0.39, 0.29) is 34.0 Å². The maximum Gasteiger partial charge on any atom is 0.360 e. The summed E-state index contributed by atoms with van der Waals surface area (Å²) in [5.41, 5.74) is -4.26. The number of aliphatic hydroxyl groups is 4. The van der Waals surface area contributed by atoms with Gasteiger partial charge in [-0.25, -0.2) is 9.59 Å². The number of carbonyl (C=O) groups excluding carboxylic acids is 2. The van der Waals surface area contributed by atoms with Crippen LogP contribution < -0.4 is 31.4 Å². The minimum atomic E-state index is -1.45. The largest absolute Gasteiger partial charge is 0.462 e. The molecule has 0 spiro atoms. The van der Waals surface area contributed by atoms with Crippen LogP contribution in [0.3, 0.4) is 0 Å². The van der Waals surface area contributed by atoms with Crippen molar-refractivity contribution in [3.63, 3.8) is 0 Å². The molecule has 2 aromatic carbocycles. The molecule has 18 heteroatoms. The lowest BCUT2D eigenvalue weighted by Crippen LogP contribution is -2.63. The Morgan fingerprint density at radius 3 is 1.38 bits per heavy atom. The summed E-state index contributed by atoms with van der Waals surface area (Å²) in [6, 6.07) is 11.5. The van der Waals surface area contributed by atoms with Gasteiger partial charge in [-0.1, -0.05) is 0 Å². The third-order valence-corrected chi connectivity index (χ3v) is 9.38. The van der Waals surface area contributed by atoms with Crippen molar-refractivity contribution in [2.75, 3.05) is 24.9 Å². The fourth-order valence-corrected chi connectivity index (χ4v) is 6.72. The van der Waals surface area contributed by atoms with Crippen molar-refractivity contribution in [2.45, 2.75) is 94.5 Å². The van der Waals surface area contributed by atoms with Gasteiger partial charge in [-0.05, 0) is 64.1 Å². The van der Waals surface area contributed by atoms with E-state index in [0.29, 0.717) is 10.8 Å². The standard InChI is InChI=1S/C37H42N2O16/c1-36(2)30(48-5)26(42)28(44)34(54-36)50-18-9-7-16-11-20(32(46)52-22(16)13-18)38-24(40)15-25(41)39-21-12-17-8-10-19(14-23(17)53-33(21)47)51-35-29(45)27(43)31(49-6)37(3,4)55-35/h7-14,26-31,34-35,42-45H,15H2,1-6H3,(H,38,40)(H,39,41)/t26-,27-,28+,29+,30+,31+,34+,35+/m0/s1. The fourth-order valence-electron chi connectivity index (χ4n) is 6.72. The number of ether oxygens (including phenoxy) is 6. The molecule has 6 rings (SSSR count). The minimum absolute atomic E-state index is 0.0719. The number of hydrogen-bond acceptors (Lipinski definition) is 16. The quantitative estimate of drug-likeness (QED) is 0.0983. The number of benzene rings is 2. The van der Waals surface area contributed by atoms with Crippen molar-refractivity contribution in [3.8, 4) is 11.5 Å². The van der Waals surface area contributed by atoms with Gasteiger partial charge >= 0.3 is 11.3 Å². The Morgan fingerprint density at radius 1 is 0.636 bits per heavy atom. The average Bonchev–Trinajstić information content (AvgIpc) is 3.10. The van der Waals surface area contributed by atoms with Crippen LogP contribution in [0.15, 0.2) is 67.0 Å². The van der Waals surface area contributed by atoms with Gasteiger partial charge in [0.25, 0.3) is 0 Å². The molecule has 4 aromatic rings. The van der Waals surface area contributed by atoms with Gasteiger partial charge in [0.2, 0.25) is 24.4 Å². The average molecular weight is 771 g/mol. The maximum absolute atomic E-state index is 12.8. The molecule has 2 amide bonds. The van der Waals surface area contributed by atoms with Gasteiger partial charge in [-0.3, -0.25) is 9.59 Å². The first-order valence-electron chi connectivity index (χ1n) is 17.1. The predicted octanol–water partition coefficient (Wildman–Crippen LogP) is 1.37. The van der Waals surface area contributed by atoms with Crippen molar-refractivity contribution < 1.29 is 67.3 Å². The van der Waals surface area contributed by atoms with Crippen molar-refractivity contribution in [1.82, 2.24) is 0 Å². The van der Waals surface area contributed by atoms with Crippen molar-refractivity contribution in [3.05, 3.63) is 69.4 Å². The van der Waals surface area contributed by atoms with Crippen LogP contribution in [0, 0.1) is 0 Å². The molecule has 2 fully saturated rings. The number of nitrogens with one attached hydrogen (secondary N) is 2. The first kappa shape index (κ1) is 39.8. The second-order valence-corrected chi connectivity index (χ2v) is 14.3.